The van der Waals surface area contributed by atoms with E-state index in [1.54, 1.807) is 0 Å². The summed E-state index contributed by atoms with van der Waals surface area (Å²) >= 11 is 0. The number of rotatable bonds is 4. The lowest BCUT2D eigenvalue weighted by atomic mass is 9.90. The van der Waals surface area contributed by atoms with Crippen LogP contribution in [0.25, 0.3) is 0 Å². The fraction of sp³-hybridized carbons (Fsp3) is 0.562. The number of fused-ring (bicyclic) bond motifs is 1. The van der Waals surface area contributed by atoms with Crippen LogP contribution in [0.4, 0.5) is 5.69 Å². The molecule has 0 aliphatic carbocycles. The second kappa shape index (κ2) is 5.13. The van der Waals surface area contributed by atoms with Crippen LogP contribution in [0.2, 0.25) is 0 Å². The number of para-hydroxylation sites is 1. The van der Waals surface area contributed by atoms with Gasteiger partial charge < -0.3 is 4.90 Å². The zero-order valence-electron chi connectivity index (χ0n) is 11.8. The normalized spacial score (nSPS) is 18.6. The van der Waals surface area contributed by atoms with Gasteiger partial charge in [0.2, 0.25) is 0 Å². The van der Waals surface area contributed by atoms with Gasteiger partial charge >= 0.3 is 0 Å². The van der Waals surface area contributed by atoms with Crippen LogP contribution in [0.15, 0.2) is 24.3 Å². The first-order chi connectivity index (χ1) is 8.50. The minimum atomic E-state index is 0.0694. The van der Waals surface area contributed by atoms with Crippen molar-refractivity contribution in [1.29, 1.82) is 0 Å². The highest BCUT2D eigenvalue weighted by molar-refractivity contribution is 5.91. The predicted octanol–water partition coefficient (Wildman–Crippen LogP) is 3.47. The molecule has 98 valence electrons. The smallest absolute Gasteiger partial charge is 0.144 e. The van der Waals surface area contributed by atoms with Crippen LogP contribution in [0.1, 0.15) is 39.2 Å². The maximum absolute atomic E-state index is 12.3. The molecular formula is C16H23NO. The molecule has 1 atom stereocenters. The first-order valence-electron chi connectivity index (χ1n) is 6.88. The van der Waals surface area contributed by atoms with E-state index in [1.165, 1.54) is 11.3 Å². The van der Waals surface area contributed by atoms with E-state index in [9.17, 15) is 4.79 Å². The molecule has 1 aliphatic rings. The van der Waals surface area contributed by atoms with E-state index in [-0.39, 0.29) is 11.8 Å². The van der Waals surface area contributed by atoms with Gasteiger partial charge in [0.1, 0.15) is 5.78 Å². The number of hydrogen-bond donors (Lipinski definition) is 0. The van der Waals surface area contributed by atoms with Crippen LogP contribution in [0.5, 0.6) is 0 Å². The Morgan fingerprint density at radius 3 is 2.56 bits per heavy atom. The summed E-state index contributed by atoms with van der Waals surface area (Å²) in [5.74, 6) is 1.17. The van der Waals surface area contributed by atoms with Gasteiger partial charge in [-0.15, -0.1) is 0 Å². The van der Waals surface area contributed by atoms with Crippen molar-refractivity contribution in [3.63, 3.8) is 0 Å². The first-order valence-corrected chi connectivity index (χ1v) is 6.88. The molecule has 2 heteroatoms. The Balaban J connectivity index is 2.30. The largest absolute Gasteiger partial charge is 0.370 e. The molecule has 1 aromatic carbocycles. The molecule has 18 heavy (non-hydrogen) atoms. The summed E-state index contributed by atoms with van der Waals surface area (Å²) in [4.78, 5) is 14.7. The Morgan fingerprint density at radius 1 is 1.28 bits per heavy atom. The minimum absolute atomic E-state index is 0.0694. The number of anilines is 1. The van der Waals surface area contributed by atoms with E-state index in [4.69, 9.17) is 0 Å². The van der Waals surface area contributed by atoms with Crippen LogP contribution in [-0.4, -0.2) is 18.9 Å². The number of Topliss-reactive ketones (excluding diaryl/α,β-unsaturated/α-hetero) is 1. The Labute approximate surface area is 110 Å². The minimum Gasteiger partial charge on any atom is -0.370 e. The van der Waals surface area contributed by atoms with Crippen molar-refractivity contribution in [3.8, 4) is 0 Å². The quantitative estimate of drug-likeness (QED) is 0.809. The second-order valence-electron chi connectivity index (χ2n) is 5.97. The molecule has 0 saturated heterocycles. The molecule has 1 heterocycles. The number of carbonyl (C=O) groups excluding carboxylic acids is 1. The summed E-state index contributed by atoms with van der Waals surface area (Å²) in [5, 5.41) is 0. The molecule has 2 nitrogen and oxygen atoms in total. The Bertz CT molecular complexity index is 436. The van der Waals surface area contributed by atoms with Crippen LogP contribution in [-0.2, 0) is 4.79 Å². The van der Waals surface area contributed by atoms with Gasteiger partial charge in [-0.1, -0.05) is 45.9 Å². The van der Waals surface area contributed by atoms with Gasteiger partial charge in [-0.05, 0) is 17.5 Å². The molecule has 0 N–H and O–H groups in total. The third-order valence-electron chi connectivity index (χ3n) is 3.55. The molecule has 1 aliphatic heterocycles. The fourth-order valence-electron chi connectivity index (χ4n) is 2.75. The monoisotopic (exact) mass is 245 g/mol. The molecule has 1 unspecified atom stereocenters. The third-order valence-corrected chi connectivity index (χ3v) is 3.55. The molecule has 0 bridgehead atoms. The van der Waals surface area contributed by atoms with Crippen LogP contribution in [0, 0.1) is 11.8 Å². The van der Waals surface area contributed by atoms with Crippen LogP contribution >= 0.6 is 0 Å². The van der Waals surface area contributed by atoms with E-state index in [2.05, 4.69) is 36.9 Å². The number of carbonyl (C=O) groups is 1. The lowest BCUT2D eigenvalue weighted by Gasteiger charge is -2.22. The van der Waals surface area contributed by atoms with E-state index in [0.29, 0.717) is 11.7 Å². The lowest BCUT2D eigenvalue weighted by Crippen LogP contribution is -2.29. The maximum atomic E-state index is 12.3. The Morgan fingerprint density at radius 2 is 1.94 bits per heavy atom. The highest BCUT2D eigenvalue weighted by Crippen LogP contribution is 2.38. The van der Waals surface area contributed by atoms with E-state index < -0.39 is 0 Å². The van der Waals surface area contributed by atoms with E-state index >= 15 is 0 Å². The summed E-state index contributed by atoms with van der Waals surface area (Å²) < 4.78 is 0. The highest BCUT2D eigenvalue weighted by Gasteiger charge is 2.34. The summed E-state index contributed by atoms with van der Waals surface area (Å²) in [6.07, 6.45) is 0. The molecule has 0 fully saturated rings. The summed E-state index contributed by atoms with van der Waals surface area (Å²) in [6.45, 7) is 10.3. The average molecular weight is 245 g/mol. The SMILES string of the molecule is CC(C)CN1CC(C(=O)C(C)C)c2ccccc21. The molecule has 0 spiro atoms. The summed E-state index contributed by atoms with van der Waals surface area (Å²) in [5.41, 5.74) is 2.47. The van der Waals surface area contributed by atoms with Crippen LogP contribution < -0.4 is 4.90 Å². The van der Waals surface area contributed by atoms with Gasteiger partial charge in [-0.3, -0.25) is 4.79 Å². The van der Waals surface area contributed by atoms with Crippen LogP contribution in [0.3, 0.4) is 0 Å². The van der Waals surface area contributed by atoms with Crippen molar-refractivity contribution < 1.29 is 4.79 Å². The molecule has 2 rings (SSSR count). The second-order valence-corrected chi connectivity index (χ2v) is 5.97. The number of nitrogens with zero attached hydrogens (tertiary/aromatic N) is 1. The van der Waals surface area contributed by atoms with Gasteiger partial charge in [0.05, 0.1) is 5.92 Å². The van der Waals surface area contributed by atoms with Crippen molar-refractivity contribution in [2.45, 2.75) is 33.6 Å². The predicted molar refractivity (Wildman–Crippen MR) is 76.1 cm³/mol. The first kappa shape index (κ1) is 13.1. The molecule has 0 aromatic heterocycles. The molecule has 0 radical (unpaired) electrons. The molecule has 0 amide bonds. The number of hydrogen-bond acceptors (Lipinski definition) is 2. The number of ketones is 1. The Hall–Kier alpha value is -1.31. The van der Waals surface area contributed by atoms with E-state index in [0.717, 1.165) is 13.1 Å². The van der Waals surface area contributed by atoms with Crippen molar-refractivity contribution in [2.75, 3.05) is 18.0 Å². The van der Waals surface area contributed by atoms with E-state index in [1.807, 2.05) is 19.9 Å². The van der Waals surface area contributed by atoms with Gasteiger partial charge in [-0.2, -0.15) is 0 Å². The zero-order chi connectivity index (χ0) is 13.3. The molecular weight excluding hydrogens is 222 g/mol. The standard InChI is InChI=1S/C16H23NO/c1-11(2)9-17-10-14(16(18)12(3)4)13-7-5-6-8-15(13)17/h5-8,11-12,14H,9-10H2,1-4H3. The third kappa shape index (κ3) is 2.43. The zero-order valence-corrected chi connectivity index (χ0v) is 11.8. The van der Waals surface area contributed by atoms with Gasteiger partial charge in [0.15, 0.2) is 0 Å². The maximum Gasteiger partial charge on any atom is 0.144 e. The fourth-order valence-corrected chi connectivity index (χ4v) is 2.75. The molecule has 0 saturated carbocycles. The van der Waals surface area contributed by atoms with Gasteiger partial charge in [0, 0.05) is 24.7 Å². The van der Waals surface area contributed by atoms with Crippen molar-refractivity contribution in [1.82, 2.24) is 0 Å². The summed E-state index contributed by atoms with van der Waals surface area (Å²) in [6, 6.07) is 8.36. The van der Waals surface area contributed by atoms with Gasteiger partial charge in [-0.25, -0.2) is 0 Å². The Kier molecular flexibility index (Phi) is 3.74. The lowest BCUT2D eigenvalue weighted by molar-refractivity contribution is -0.123. The average Bonchev–Trinajstić information content (AvgIpc) is 2.67. The van der Waals surface area contributed by atoms with Crippen molar-refractivity contribution in [3.05, 3.63) is 29.8 Å². The molecule has 1 aromatic rings. The summed E-state index contributed by atoms with van der Waals surface area (Å²) in [7, 11) is 0. The van der Waals surface area contributed by atoms with Gasteiger partial charge in [0.25, 0.3) is 0 Å². The number of benzene rings is 1. The highest BCUT2D eigenvalue weighted by atomic mass is 16.1. The van der Waals surface area contributed by atoms with Crippen molar-refractivity contribution >= 4 is 11.5 Å². The topological polar surface area (TPSA) is 20.3 Å². The van der Waals surface area contributed by atoms with Crippen molar-refractivity contribution in [2.24, 2.45) is 11.8 Å².